The van der Waals surface area contributed by atoms with Gasteiger partial charge in [-0.15, -0.1) is 0 Å². The van der Waals surface area contributed by atoms with Gasteiger partial charge in [-0.3, -0.25) is 9.98 Å². The second kappa shape index (κ2) is 9.03. The SMILES string of the molecule is CCCCCCNC(=NC)NCc1cccc2cccnc12. The minimum Gasteiger partial charge on any atom is -0.356 e. The van der Waals surface area contributed by atoms with Gasteiger partial charge in [-0.1, -0.05) is 50.5 Å². The van der Waals surface area contributed by atoms with Crippen LogP contribution in [0.3, 0.4) is 0 Å². The van der Waals surface area contributed by atoms with Gasteiger partial charge in [-0.25, -0.2) is 0 Å². The lowest BCUT2D eigenvalue weighted by Crippen LogP contribution is -2.37. The molecule has 0 radical (unpaired) electrons. The first-order chi connectivity index (χ1) is 10.8. The van der Waals surface area contributed by atoms with Crippen LogP contribution in [-0.4, -0.2) is 24.5 Å². The van der Waals surface area contributed by atoms with E-state index < -0.39 is 0 Å². The van der Waals surface area contributed by atoms with Crippen LogP contribution in [0.2, 0.25) is 0 Å². The quantitative estimate of drug-likeness (QED) is 0.467. The van der Waals surface area contributed by atoms with Crippen molar-refractivity contribution in [2.24, 2.45) is 4.99 Å². The Balaban J connectivity index is 1.87. The second-order valence-corrected chi connectivity index (χ2v) is 5.41. The third-order valence-corrected chi connectivity index (χ3v) is 3.71. The van der Waals surface area contributed by atoms with Gasteiger partial charge >= 0.3 is 0 Å². The van der Waals surface area contributed by atoms with Crippen molar-refractivity contribution in [3.8, 4) is 0 Å². The van der Waals surface area contributed by atoms with Gasteiger partial charge in [0.1, 0.15) is 0 Å². The Morgan fingerprint density at radius 2 is 1.95 bits per heavy atom. The van der Waals surface area contributed by atoms with Gasteiger partial charge in [0.2, 0.25) is 0 Å². The third-order valence-electron chi connectivity index (χ3n) is 3.71. The molecule has 0 aliphatic rings. The summed E-state index contributed by atoms with van der Waals surface area (Å²) in [6.07, 6.45) is 6.86. The molecule has 4 heteroatoms. The zero-order valence-electron chi connectivity index (χ0n) is 13.6. The van der Waals surface area contributed by atoms with E-state index in [2.05, 4.69) is 51.8 Å². The molecule has 4 nitrogen and oxygen atoms in total. The van der Waals surface area contributed by atoms with Crippen molar-refractivity contribution < 1.29 is 0 Å². The molecule has 0 aliphatic carbocycles. The molecule has 2 rings (SSSR count). The predicted octanol–water partition coefficient (Wildman–Crippen LogP) is 3.48. The molecular formula is C18H26N4. The highest BCUT2D eigenvalue weighted by Gasteiger charge is 2.03. The van der Waals surface area contributed by atoms with Gasteiger partial charge in [0.05, 0.1) is 5.52 Å². The number of nitrogens with one attached hydrogen (secondary N) is 2. The first-order valence-electron chi connectivity index (χ1n) is 8.12. The molecule has 22 heavy (non-hydrogen) atoms. The number of benzene rings is 1. The molecule has 1 aromatic heterocycles. The first kappa shape index (κ1) is 16.3. The van der Waals surface area contributed by atoms with Crippen LogP contribution < -0.4 is 10.6 Å². The number of hydrogen-bond donors (Lipinski definition) is 2. The van der Waals surface area contributed by atoms with Crippen molar-refractivity contribution in [1.29, 1.82) is 0 Å². The molecule has 1 aromatic carbocycles. The number of pyridine rings is 1. The van der Waals surface area contributed by atoms with Crippen molar-refractivity contribution in [3.63, 3.8) is 0 Å². The molecule has 118 valence electrons. The third kappa shape index (κ3) is 4.72. The van der Waals surface area contributed by atoms with Crippen LogP contribution >= 0.6 is 0 Å². The van der Waals surface area contributed by atoms with Crippen LogP contribution in [0.15, 0.2) is 41.5 Å². The second-order valence-electron chi connectivity index (χ2n) is 5.41. The van der Waals surface area contributed by atoms with E-state index >= 15 is 0 Å². The standard InChI is InChI=1S/C18H26N4/c1-3-4-5-6-12-21-18(19-2)22-14-16-10-7-9-15-11-8-13-20-17(15)16/h7-11,13H,3-6,12,14H2,1-2H3,(H2,19,21,22). The molecule has 0 amide bonds. The lowest BCUT2D eigenvalue weighted by Gasteiger charge is -2.12. The van der Waals surface area contributed by atoms with Crippen LogP contribution in [0, 0.1) is 0 Å². The Hall–Kier alpha value is -2.10. The normalized spacial score (nSPS) is 11.6. The lowest BCUT2D eigenvalue weighted by atomic mass is 10.1. The number of unbranched alkanes of at least 4 members (excludes halogenated alkanes) is 3. The molecule has 0 saturated heterocycles. The van der Waals surface area contributed by atoms with E-state index in [1.165, 1.54) is 36.6 Å². The van der Waals surface area contributed by atoms with Crippen molar-refractivity contribution in [2.75, 3.05) is 13.6 Å². The topological polar surface area (TPSA) is 49.3 Å². The van der Waals surface area contributed by atoms with Crippen molar-refractivity contribution in [1.82, 2.24) is 15.6 Å². The van der Waals surface area contributed by atoms with E-state index in [1.54, 1.807) is 0 Å². The molecule has 0 atom stereocenters. The number of fused-ring (bicyclic) bond motifs is 1. The lowest BCUT2D eigenvalue weighted by molar-refractivity contribution is 0.647. The number of aliphatic imine (C=N–C) groups is 1. The van der Waals surface area contributed by atoms with Crippen molar-refractivity contribution in [2.45, 2.75) is 39.2 Å². The van der Waals surface area contributed by atoms with E-state index in [-0.39, 0.29) is 0 Å². The van der Waals surface area contributed by atoms with Gasteiger partial charge in [0, 0.05) is 31.7 Å². The summed E-state index contributed by atoms with van der Waals surface area (Å²) in [5.74, 6) is 0.851. The molecule has 0 aliphatic heterocycles. The molecule has 0 unspecified atom stereocenters. The monoisotopic (exact) mass is 298 g/mol. The maximum atomic E-state index is 4.48. The van der Waals surface area contributed by atoms with Gasteiger partial charge in [0.25, 0.3) is 0 Å². The van der Waals surface area contributed by atoms with Crippen LogP contribution in [-0.2, 0) is 6.54 Å². The molecule has 2 aromatic rings. The fraction of sp³-hybridized carbons (Fsp3) is 0.444. The van der Waals surface area contributed by atoms with E-state index in [9.17, 15) is 0 Å². The van der Waals surface area contributed by atoms with E-state index in [0.29, 0.717) is 0 Å². The first-order valence-corrected chi connectivity index (χ1v) is 8.12. The highest BCUT2D eigenvalue weighted by molar-refractivity contribution is 5.83. The Morgan fingerprint density at radius 3 is 2.77 bits per heavy atom. The van der Waals surface area contributed by atoms with Crippen molar-refractivity contribution in [3.05, 3.63) is 42.1 Å². The number of guanidine groups is 1. The summed E-state index contributed by atoms with van der Waals surface area (Å²) in [5, 5.41) is 7.90. The van der Waals surface area contributed by atoms with Crippen molar-refractivity contribution >= 4 is 16.9 Å². The van der Waals surface area contributed by atoms with Crippen LogP contribution in [0.25, 0.3) is 10.9 Å². The summed E-state index contributed by atoms with van der Waals surface area (Å²) >= 11 is 0. The van der Waals surface area contributed by atoms with E-state index in [1.807, 2.05) is 19.3 Å². The van der Waals surface area contributed by atoms with E-state index in [0.717, 1.165) is 24.6 Å². The summed E-state index contributed by atoms with van der Waals surface area (Å²) in [5.41, 5.74) is 2.24. The molecular weight excluding hydrogens is 272 g/mol. The number of para-hydroxylation sites is 1. The smallest absolute Gasteiger partial charge is 0.191 e. The van der Waals surface area contributed by atoms with Gasteiger partial charge in [0.15, 0.2) is 5.96 Å². The summed E-state index contributed by atoms with van der Waals surface area (Å²) in [6.45, 7) is 3.92. The fourth-order valence-corrected chi connectivity index (χ4v) is 2.47. The van der Waals surface area contributed by atoms with Gasteiger partial charge < -0.3 is 10.6 Å². The molecule has 2 N–H and O–H groups in total. The highest BCUT2D eigenvalue weighted by atomic mass is 15.2. The molecule has 1 heterocycles. The maximum absolute atomic E-state index is 4.48. The van der Waals surface area contributed by atoms with Gasteiger partial charge in [-0.05, 0) is 18.1 Å². The van der Waals surface area contributed by atoms with E-state index in [4.69, 9.17) is 0 Å². The summed E-state index contributed by atoms with van der Waals surface area (Å²) < 4.78 is 0. The number of nitrogens with zero attached hydrogens (tertiary/aromatic N) is 2. The van der Waals surface area contributed by atoms with Crippen LogP contribution in [0.4, 0.5) is 0 Å². The predicted molar refractivity (Wildman–Crippen MR) is 94.1 cm³/mol. The van der Waals surface area contributed by atoms with Crippen LogP contribution in [0.1, 0.15) is 38.2 Å². The average molecular weight is 298 g/mol. The molecule has 0 spiro atoms. The minimum absolute atomic E-state index is 0.725. The molecule has 0 fully saturated rings. The Bertz CT molecular complexity index is 602. The zero-order chi connectivity index (χ0) is 15.6. The maximum Gasteiger partial charge on any atom is 0.191 e. The summed E-state index contributed by atoms with van der Waals surface area (Å²) in [6, 6.07) is 10.3. The molecule has 0 bridgehead atoms. The average Bonchev–Trinajstić information content (AvgIpc) is 2.57. The number of aromatic nitrogens is 1. The Morgan fingerprint density at radius 1 is 1.09 bits per heavy atom. The summed E-state index contributed by atoms with van der Waals surface area (Å²) in [7, 11) is 1.81. The Kier molecular flexibility index (Phi) is 6.68. The number of hydrogen-bond acceptors (Lipinski definition) is 2. The van der Waals surface area contributed by atoms with Gasteiger partial charge in [-0.2, -0.15) is 0 Å². The van der Waals surface area contributed by atoms with Crippen LogP contribution in [0.5, 0.6) is 0 Å². The number of rotatable bonds is 7. The Labute approximate surface area is 133 Å². The minimum atomic E-state index is 0.725. The fourth-order valence-electron chi connectivity index (χ4n) is 2.47. The molecule has 0 saturated carbocycles. The zero-order valence-corrected chi connectivity index (χ0v) is 13.6. The highest BCUT2D eigenvalue weighted by Crippen LogP contribution is 2.15. The summed E-state index contributed by atoms with van der Waals surface area (Å²) in [4.78, 5) is 8.76. The largest absolute Gasteiger partial charge is 0.356 e.